The van der Waals surface area contributed by atoms with Gasteiger partial charge in [0.15, 0.2) is 0 Å². The molecule has 0 saturated carbocycles. The summed E-state index contributed by atoms with van der Waals surface area (Å²) in [7, 11) is 2.10. The van der Waals surface area contributed by atoms with E-state index in [9.17, 15) is 13.2 Å². The summed E-state index contributed by atoms with van der Waals surface area (Å²) >= 11 is 0. The molecule has 0 N–H and O–H groups in total. The van der Waals surface area contributed by atoms with Crippen LogP contribution in [0.1, 0.15) is 17.9 Å². The number of alkyl halides is 2. The van der Waals surface area contributed by atoms with E-state index in [4.69, 9.17) is 4.42 Å². The lowest BCUT2D eigenvalue weighted by Crippen LogP contribution is -2.44. The maximum absolute atomic E-state index is 14.7. The molecule has 1 saturated heterocycles. The van der Waals surface area contributed by atoms with Crippen LogP contribution in [0.2, 0.25) is 0 Å². The van der Waals surface area contributed by atoms with Gasteiger partial charge in [-0.25, -0.2) is 14.1 Å². The van der Waals surface area contributed by atoms with E-state index in [2.05, 4.69) is 42.3 Å². The lowest BCUT2D eigenvalue weighted by atomic mass is 10.1. The van der Waals surface area contributed by atoms with Crippen LogP contribution < -0.4 is 4.90 Å². The van der Waals surface area contributed by atoms with Gasteiger partial charge in [0.05, 0.1) is 12.7 Å². The number of nitrogens with zero attached hydrogens (tertiary/aromatic N) is 8. The highest BCUT2D eigenvalue weighted by atomic mass is 19.3. The smallest absolute Gasteiger partial charge is 0.314 e. The summed E-state index contributed by atoms with van der Waals surface area (Å²) in [6, 6.07) is 8.07. The quantitative estimate of drug-likeness (QED) is 0.424. The topological polar surface area (TPSA) is 89.0 Å². The zero-order chi connectivity index (χ0) is 23.7. The van der Waals surface area contributed by atoms with E-state index < -0.39 is 18.1 Å². The first-order valence-electron chi connectivity index (χ1n) is 10.7. The number of rotatable bonds is 6. The fourth-order valence-corrected chi connectivity index (χ4v) is 3.72. The molecule has 0 aliphatic carbocycles. The third-order valence-corrected chi connectivity index (χ3v) is 5.67. The zero-order valence-electron chi connectivity index (χ0n) is 18.3. The number of pyridine rings is 1. The van der Waals surface area contributed by atoms with E-state index >= 15 is 0 Å². The zero-order valence-corrected chi connectivity index (χ0v) is 18.3. The Labute approximate surface area is 192 Å². The standard InChI is InChI=1S/C22H21F3N8O/c1-31-6-8-32(9-7-31)19-11-14(4-5-26-19)18-13-33(30-27-18)12-16-3-2-15(10-17(16)23)21-28-29-22(34-21)20(24)25/h2-5,10-11,13,20H,6-9,12H2,1H3. The van der Waals surface area contributed by atoms with Gasteiger partial charge in [-0.2, -0.15) is 8.78 Å². The molecule has 1 aliphatic heterocycles. The summed E-state index contributed by atoms with van der Waals surface area (Å²) in [5, 5.41) is 15.1. The van der Waals surface area contributed by atoms with Crippen molar-refractivity contribution in [3.05, 3.63) is 60.0 Å². The van der Waals surface area contributed by atoms with E-state index in [0.717, 1.165) is 37.6 Å². The van der Waals surface area contributed by atoms with E-state index in [1.807, 2.05) is 12.1 Å². The van der Waals surface area contributed by atoms with Crippen LogP contribution in [0, 0.1) is 5.82 Å². The van der Waals surface area contributed by atoms with Gasteiger partial charge >= 0.3 is 6.43 Å². The van der Waals surface area contributed by atoms with E-state index in [0.29, 0.717) is 11.3 Å². The molecule has 1 fully saturated rings. The molecule has 0 amide bonds. The predicted octanol–water partition coefficient (Wildman–Crippen LogP) is 3.27. The molecule has 1 aliphatic rings. The Kier molecular flexibility index (Phi) is 5.97. The molecule has 0 radical (unpaired) electrons. The Balaban J connectivity index is 1.30. The van der Waals surface area contributed by atoms with Gasteiger partial charge in [-0.3, -0.25) is 0 Å². The van der Waals surface area contributed by atoms with Crippen molar-refractivity contribution in [1.82, 2.24) is 35.1 Å². The van der Waals surface area contributed by atoms with Crippen LogP contribution in [0.4, 0.5) is 19.0 Å². The molecule has 3 aromatic heterocycles. The molecule has 0 unspecified atom stereocenters. The molecule has 0 atom stereocenters. The van der Waals surface area contributed by atoms with Crippen molar-refractivity contribution < 1.29 is 17.6 Å². The second-order valence-corrected chi connectivity index (χ2v) is 8.05. The minimum Gasteiger partial charge on any atom is -0.415 e. The first-order valence-corrected chi connectivity index (χ1v) is 10.7. The van der Waals surface area contributed by atoms with Gasteiger partial charge in [-0.15, -0.1) is 15.3 Å². The fraction of sp³-hybridized carbons (Fsp3) is 0.318. The van der Waals surface area contributed by atoms with Crippen molar-refractivity contribution in [3.63, 3.8) is 0 Å². The number of hydrogen-bond donors (Lipinski definition) is 0. The van der Waals surface area contributed by atoms with Gasteiger partial charge in [-0.05, 0) is 31.3 Å². The number of hydrogen-bond acceptors (Lipinski definition) is 8. The van der Waals surface area contributed by atoms with Gasteiger partial charge in [0.1, 0.15) is 17.3 Å². The van der Waals surface area contributed by atoms with Crippen molar-refractivity contribution in [2.45, 2.75) is 13.0 Å². The maximum atomic E-state index is 14.7. The van der Waals surface area contributed by atoms with Crippen LogP contribution in [0.15, 0.2) is 47.1 Å². The summed E-state index contributed by atoms with van der Waals surface area (Å²) in [6.45, 7) is 3.91. The fourth-order valence-electron chi connectivity index (χ4n) is 3.72. The number of benzene rings is 1. The van der Waals surface area contributed by atoms with Crippen molar-refractivity contribution >= 4 is 5.82 Å². The average molecular weight is 470 g/mol. The highest BCUT2D eigenvalue weighted by molar-refractivity contribution is 5.62. The van der Waals surface area contributed by atoms with Gasteiger partial charge in [0.2, 0.25) is 5.89 Å². The number of aromatic nitrogens is 6. The van der Waals surface area contributed by atoms with Gasteiger partial charge in [0.25, 0.3) is 5.89 Å². The number of piperazine rings is 1. The second-order valence-electron chi connectivity index (χ2n) is 8.05. The minimum atomic E-state index is -2.88. The summed E-state index contributed by atoms with van der Waals surface area (Å²) in [5.41, 5.74) is 2.09. The third-order valence-electron chi connectivity index (χ3n) is 5.67. The maximum Gasteiger partial charge on any atom is 0.314 e. The molecule has 176 valence electrons. The molecule has 0 bridgehead atoms. The molecule has 0 spiro atoms. The molecule has 4 aromatic rings. The molecule has 5 rings (SSSR count). The van der Waals surface area contributed by atoms with Crippen LogP contribution in [0.25, 0.3) is 22.7 Å². The molecular weight excluding hydrogens is 449 g/mol. The summed E-state index contributed by atoms with van der Waals surface area (Å²) < 4.78 is 46.4. The van der Waals surface area contributed by atoms with Gasteiger partial charge < -0.3 is 14.2 Å². The third kappa shape index (κ3) is 4.62. The molecule has 4 heterocycles. The second kappa shape index (κ2) is 9.21. The minimum absolute atomic E-state index is 0.141. The molecular formula is C22H21F3N8O. The monoisotopic (exact) mass is 470 g/mol. The summed E-state index contributed by atoms with van der Waals surface area (Å²) in [4.78, 5) is 9.00. The average Bonchev–Trinajstić information content (AvgIpc) is 3.51. The Morgan fingerprint density at radius 2 is 1.82 bits per heavy atom. The van der Waals surface area contributed by atoms with Gasteiger partial charge in [0, 0.05) is 49.1 Å². The molecule has 34 heavy (non-hydrogen) atoms. The Hall–Kier alpha value is -3.80. The van der Waals surface area contributed by atoms with Crippen LogP contribution >= 0.6 is 0 Å². The van der Waals surface area contributed by atoms with E-state index in [1.165, 1.54) is 22.9 Å². The Morgan fingerprint density at radius 3 is 2.56 bits per heavy atom. The van der Waals surface area contributed by atoms with Crippen LogP contribution in [0.5, 0.6) is 0 Å². The molecule has 12 heteroatoms. The van der Waals surface area contributed by atoms with Crippen LogP contribution in [-0.2, 0) is 6.54 Å². The predicted molar refractivity (Wildman–Crippen MR) is 117 cm³/mol. The van der Waals surface area contributed by atoms with Crippen LogP contribution in [-0.4, -0.2) is 68.3 Å². The van der Waals surface area contributed by atoms with Crippen molar-refractivity contribution in [2.24, 2.45) is 0 Å². The normalized spacial score (nSPS) is 14.8. The van der Waals surface area contributed by atoms with E-state index in [1.54, 1.807) is 12.4 Å². The molecule has 9 nitrogen and oxygen atoms in total. The summed E-state index contributed by atoms with van der Waals surface area (Å²) in [6.07, 6.45) is 0.603. The molecule has 1 aromatic carbocycles. The number of likely N-dealkylation sites (N-methyl/N-ethyl adjacent to an activating group) is 1. The SMILES string of the molecule is CN1CCN(c2cc(-c3cn(Cc4ccc(-c5nnc(C(F)F)o5)cc4F)nn3)ccn2)CC1. The lowest BCUT2D eigenvalue weighted by molar-refractivity contribution is 0.116. The Morgan fingerprint density at radius 1 is 1.00 bits per heavy atom. The number of halogens is 3. The van der Waals surface area contributed by atoms with Gasteiger partial charge in [-0.1, -0.05) is 11.3 Å². The van der Waals surface area contributed by atoms with E-state index in [-0.39, 0.29) is 18.0 Å². The number of anilines is 1. The first kappa shape index (κ1) is 22.0. The van der Waals surface area contributed by atoms with Crippen molar-refractivity contribution in [2.75, 3.05) is 38.1 Å². The first-order chi connectivity index (χ1) is 16.5. The summed E-state index contributed by atoms with van der Waals surface area (Å²) in [5.74, 6) is -0.635. The largest absolute Gasteiger partial charge is 0.415 e. The Bertz CT molecular complexity index is 1280. The van der Waals surface area contributed by atoms with Crippen molar-refractivity contribution in [3.8, 4) is 22.7 Å². The highest BCUT2D eigenvalue weighted by Gasteiger charge is 2.19. The lowest BCUT2D eigenvalue weighted by Gasteiger charge is -2.33. The van der Waals surface area contributed by atoms with Crippen molar-refractivity contribution in [1.29, 1.82) is 0 Å². The van der Waals surface area contributed by atoms with Crippen LogP contribution in [0.3, 0.4) is 0 Å². The highest BCUT2D eigenvalue weighted by Crippen LogP contribution is 2.26.